The van der Waals surface area contributed by atoms with E-state index in [0.717, 1.165) is 24.6 Å². The second-order valence-corrected chi connectivity index (χ2v) is 5.56. The fourth-order valence-corrected chi connectivity index (χ4v) is 2.39. The zero-order valence-electron chi connectivity index (χ0n) is 13.2. The summed E-state index contributed by atoms with van der Waals surface area (Å²) in [6.07, 6.45) is -2.36. The number of nitrogens with zero attached hydrogens (tertiary/aromatic N) is 2. The van der Waals surface area contributed by atoms with Crippen molar-refractivity contribution in [1.29, 1.82) is 0 Å². The maximum absolute atomic E-state index is 13.1. The second kappa shape index (κ2) is 6.18. The Morgan fingerprint density at radius 3 is 2.50 bits per heavy atom. The van der Waals surface area contributed by atoms with Crippen LogP contribution in [0.1, 0.15) is 30.0 Å². The lowest BCUT2D eigenvalue weighted by atomic mass is 10.1. The van der Waals surface area contributed by atoms with E-state index in [1.807, 2.05) is 0 Å². The minimum absolute atomic E-state index is 0.217. The molecule has 5 nitrogen and oxygen atoms in total. The summed E-state index contributed by atoms with van der Waals surface area (Å²) in [6.45, 7) is 0. The zero-order valence-corrected chi connectivity index (χ0v) is 13.2. The van der Waals surface area contributed by atoms with Gasteiger partial charge in [0.25, 0.3) is 0 Å². The van der Waals surface area contributed by atoms with Crippen molar-refractivity contribution in [2.24, 2.45) is 0 Å². The van der Waals surface area contributed by atoms with Crippen LogP contribution in [0.3, 0.4) is 0 Å². The van der Waals surface area contributed by atoms with Crippen LogP contribution in [-0.4, -0.2) is 24.1 Å². The molecular formula is C16H17F3N4O. The molecule has 1 fully saturated rings. The summed E-state index contributed by atoms with van der Waals surface area (Å²) < 4.78 is 44.1. The van der Waals surface area contributed by atoms with Crippen LogP contribution >= 0.6 is 0 Å². The summed E-state index contributed by atoms with van der Waals surface area (Å²) in [6, 6.07) is 5.59. The summed E-state index contributed by atoms with van der Waals surface area (Å²) in [7, 11) is 2.91. The van der Waals surface area contributed by atoms with E-state index >= 15 is 0 Å². The van der Waals surface area contributed by atoms with Gasteiger partial charge in [0.15, 0.2) is 0 Å². The summed E-state index contributed by atoms with van der Waals surface area (Å²) >= 11 is 0. The molecule has 1 aliphatic carbocycles. The standard InChI is InChI=1S/C16H17F3N4O/c1-20-15-22-12(9-3-4-9)8-14(23-15)21-10-5-6-13(24-2)11(7-10)16(17,18)19/h5-9H,3-4H2,1-2H3,(H2,20,21,22,23). The molecule has 1 saturated carbocycles. The number of rotatable bonds is 5. The predicted octanol–water partition coefficient (Wildman–Crippen LogP) is 4.17. The van der Waals surface area contributed by atoms with Crippen molar-refractivity contribution < 1.29 is 17.9 Å². The van der Waals surface area contributed by atoms with E-state index in [-0.39, 0.29) is 11.4 Å². The van der Waals surface area contributed by atoms with E-state index in [4.69, 9.17) is 4.74 Å². The largest absolute Gasteiger partial charge is 0.496 e. The monoisotopic (exact) mass is 338 g/mol. The van der Waals surface area contributed by atoms with Crippen molar-refractivity contribution in [2.45, 2.75) is 24.9 Å². The van der Waals surface area contributed by atoms with E-state index < -0.39 is 11.7 Å². The number of benzene rings is 1. The van der Waals surface area contributed by atoms with Gasteiger partial charge in [-0.15, -0.1) is 0 Å². The van der Waals surface area contributed by atoms with Crippen LogP contribution in [-0.2, 0) is 6.18 Å². The lowest BCUT2D eigenvalue weighted by Crippen LogP contribution is -2.08. The second-order valence-electron chi connectivity index (χ2n) is 5.56. The molecule has 24 heavy (non-hydrogen) atoms. The van der Waals surface area contributed by atoms with Gasteiger partial charge in [-0.25, -0.2) is 4.98 Å². The molecule has 0 radical (unpaired) electrons. The maximum Gasteiger partial charge on any atom is 0.420 e. The van der Waals surface area contributed by atoms with Crippen molar-refractivity contribution in [3.63, 3.8) is 0 Å². The summed E-state index contributed by atoms with van der Waals surface area (Å²) in [5.41, 5.74) is 0.340. The third-order valence-electron chi connectivity index (χ3n) is 3.74. The van der Waals surface area contributed by atoms with Gasteiger partial charge < -0.3 is 15.4 Å². The Morgan fingerprint density at radius 1 is 1.17 bits per heavy atom. The van der Waals surface area contributed by atoms with Crippen molar-refractivity contribution in [3.8, 4) is 5.75 Å². The van der Waals surface area contributed by atoms with Gasteiger partial charge in [0.2, 0.25) is 5.95 Å². The molecule has 0 unspecified atom stereocenters. The molecule has 3 rings (SSSR count). The SMILES string of the molecule is CNc1nc(Nc2ccc(OC)c(C(F)(F)F)c2)cc(C2CC2)n1. The van der Waals surface area contributed by atoms with Crippen LogP contribution in [0.25, 0.3) is 0 Å². The summed E-state index contributed by atoms with van der Waals surface area (Å²) in [5.74, 6) is 1.08. The maximum atomic E-state index is 13.1. The first-order chi connectivity index (χ1) is 11.4. The van der Waals surface area contributed by atoms with Gasteiger partial charge in [-0.05, 0) is 31.0 Å². The fourth-order valence-electron chi connectivity index (χ4n) is 2.39. The zero-order chi connectivity index (χ0) is 17.3. The number of alkyl halides is 3. The average molecular weight is 338 g/mol. The molecule has 1 heterocycles. The molecule has 8 heteroatoms. The molecule has 0 spiro atoms. The van der Waals surface area contributed by atoms with Crippen LogP contribution in [0.15, 0.2) is 24.3 Å². The summed E-state index contributed by atoms with van der Waals surface area (Å²) in [4.78, 5) is 8.62. The van der Waals surface area contributed by atoms with Crippen LogP contribution < -0.4 is 15.4 Å². The van der Waals surface area contributed by atoms with Gasteiger partial charge in [-0.1, -0.05) is 0 Å². The smallest absolute Gasteiger partial charge is 0.420 e. The Bertz CT molecular complexity index is 745. The minimum atomic E-state index is -4.50. The van der Waals surface area contributed by atoms with Gasteiger partial charge in [-0.2, -0.15) is 18.2 Å². The highest BCUT2D eigenvalue weighted by atomic mass is 19.4. The van der Waals surface area contributed by atoms with Crippen molar-refractivity contribution in [3.05, 3.63) is 35.5 Å². The van der Waals surface area contributed by atoms with Crippen molar-refractivity contribution >= 4 is 17.5 Å². The van der Waals surface area contributed by atoms with Gasteiger partial charge in [0, 0.05) is 24.7 Å². The third-order valence-corrected chi connectivity index (χ3v) is 3.74. The molecule has 0 bridgehead atoms. The molecule has 1 aromatic carbocycles. The van der Waals surface area contributed by atoms with Crippen LogP contribution in [0.2, 0.25) is 0 Å². The minimum Gasteiger partial charge on any atom is -0.496 e. The summed E-state index contributed by atoms with van der Waals surface area (Å²) in [5, 5.41) is 5.79. The number of methoxy groups -OCH3 is 1. The molecule has 0 aliphatic heterocycles. The highest BCUT2D eigenvalue weighted by Crippen LogP contribution is 2.41. The fraction of sp³-hybridized carbons (Fsp3) is 0.375. The molecule has 1 aromatic heterocycles. The molecule has 0 atom stereocenters. The lowest BCUT2D eigenvalue weighted by molar-refractivity contribution is -0.138. The number of ether oxygens (including phenoxy) is 1. The van der Waals surface area contributed by atoms with Gasteiger partial charge in [-0.3, -0.25) is 0 Å². The van der Waals surface area contributed by atoms with E-state index in [1.54, 1.807) is 13.1 Å². The number of anilines is 3. The topological polar surface area (TPSA) is 59.1 Å². The highest BCUT2D eigenvalue weighted by Gasteiger charge is 2.34. The number of aromatic nitrogens is 2. The normalized spacial score (nSPS) is 14.4. The van der Waals surface area contributed by atoms with Crippen molar-refractivity contribution in [1.82, 2.24) is 9.97 Å². The van der Waals surface area contributed by atoms with E-state index in [1.165, 1.54) is 19.2 Å². The van der Waals surface area contributed by atoms with Crippen LogP contribution in [0, 0.1) is 0 Å². The Hall–Kier alpha value is -2.51. The lowest BCUT2D eigenvalue weighted by Gasteiger charge is -2.15. The Balaban J connectivity index is 1.92. The van der Waals surface area contributed by atoms with Crippen LogP contribution in [0.5, 0.6) is 5.75 Å². The molecule has 0 saturated heterocycles. The van der Waals surface area contributed by atoms with E-state index in [0.29, 0.717) is 17.7 Å². The Kier molecular flexibility index (Phi) is 4.21. The predicted molar refractivity (Wildman–Crippen MR) is 84.8 cm³/mol. The molecule has 0 amide bonds. The molecule has 2 N–H and O–H groups in total. The third kappa shape index (κ3) is 3.52. The molecule has 128 valence electrons. The average Bonchev–Trinajstić information content (AvgIpc) is 3.38. The van der Waals surface area contributed by atoms with E-state index in [2.05, 4.69) is 20.6 Å². The first-order valence-electron chi connectivity index (χ1n) is 7.49. The van der Waals surface area contributed by atoms with Crippen molar-refractivity contribution in [2.75, 3.05) is 24.8 Å². The van der Waals surface area contributed by atoms with E-state index in [9.17, 15) is 13.2 Å². The van der Waals surface area contributed by atoms with Crippen LogP contribution in [0.4, 0.5) is 30.6 Å². The number of halogens is 3. The highest BCUT2D eigenvalue weighted by molar-refractivity contribution is 5.61. The quantitative estimate of drug-likeness (QED) is 0.857. The number of hydrogen-bond acceptors (Lipinski definition) is 5. The van der Waals surface area contributed by atoms with Gasteiger partial charge >= 0.3 is 6.18 Å². The first kappa shape index (κ1) is 16.4. The van der Waals surface area contributed by atoms with Gasteiger partial charge in [0.1, 0.15) is 11.6 Å². The Labute approximate surface area is 137 Å². The molecule has 1 aliphatic rings. The number of nitrogens with one attached hydrogen (secondary N) is 2. The first-order valence-corrected chi connectivity index (χ1v) is 7.49. The van der Waals surface area contributed by atoms with Gasteiger partial charge in [0.05, 0.1) is 18.4 Å². The molecule has 2 aromatic rings. The Morgan fingerprint density at radius 2 is 1.92 bits per heavy atom. The number of hydrogen-bond donors (Lipinski definition) is 2. The molecular weight excluding hydrogens is 321 g/mol.